The van der Waals surface area contributed by atoms with Crippen LogP contribution < -0.4 is 10.6 Å². The van der Waals surface area contributed by atoms with E-state index >= 15 is 0 Å². The van der Waals surface area contributed by atoms with E-state index in [1.54, 1.807) is 18.5 Å². The molecule has 0 aliphatic carbocycles. The van der Waals surface area contributed by atoms with E-state index in [1.807, 2.05) is 30.3 Å². The zero-order valence-electron chi connectivity index (χ0n) is 9.05. The van der Waals surface area contributed by atoms with Crippen LogP contribution in [-0.2, 0) is 0 Å². The second-order valence-corrected chi connectivity index (χ2v) is 3.88. The Morgan fingerprint density at radius 3 is 2.76 bits per heavy atom. The SMILES string of the molecule is O=C1N[C@H](c2cccnc2)Nc2ccccc21. The number of hydrogen-bond donors (Lipinski definition) is 2. The maximum Gasteiger partial charge on any atom is 0.255 e. The summed E-state index contributed by atoms with van der Waals surface area (Å²) in [7, 11) is 0. The zero-order chi connectivity index (χ0) is 11.7. The molecule has 0 unspecified atom stereocenters. The highest BCUT2D eigenvalue weighted by Gasteiger charge is 2.23. The van der Waals surface area contributed by atoms with Gasteiger partial charge < -0.3 is 10.6 Å². The van der Waals surface area contributed by atoms with Crippen molar-refractivity contribution in [2.24, 2.45) is 0 Å². The van der Waals surface area contributed by atoms with Crippen molar-refractivity contribution >= 4 is 11.6 Å². The van der Waals surface area contributed by atoms with Crippen LogP contribution in [0.4, 0.5) is 5.69 Å². The summed E-state index contributed by atoms with van der Waals surface area (Å²) >= 11 is 0. The van der Waals surface area contributed by atoms with Crippen LogP contribution >= 0.6 is 0 Å². The maximum atomic E-state index is 11.9. The molecule has 2 heterocycles. The molecule has 4 nitrogen and oxygen atoms in total. The lowest BCUT2D eigenvalue weighted by Crippen LogP contribution is -2.38. The van der Waals surface area contributed by atoms with Crippen LogP contribution in [0.3, 0.4) is 0 Å². The highest BCUT2D eigenvalue weighted by Crippen LogP contribution is 2.25. The number of carbonyl (C=O) groups excluding carboxylic acids is 1. The van der Waals surface area contributed by atoms with Gasteiger partial charge in [0.05, 0.1) is 5.56 Å². The fraction of sp³-hybridized carbons (Fsp3) is 0.0769. The average Bonchev–Trinajstić information content (AvgIpc) is 2.40. The number of aromatic nitrogens is 1. The lowest BCUT2D eigenvalue weighted by atomic mass is 10.1. The predicted molar refractivity (Wildman–Crippen MR) is 64.5 cm³/mol. The molecular weight excluding hydrogens is 214 g/mol. The van der Waals surface area contributed by atoms with Crippen molar-refractivity contribution in [3.8, 4) is 0 Å². The first-order valence-electron chi connectivity index (χ1n) is 5.41. The van der Waals surface area contributed by atoms with Gasteiger partial charge in [-0.3, -0.25) is 9.78 Å². The highest BCUT2D eigenvalue weighted by molar-refractivity contribution is 6.01. The Kier molecular flexibility index (Phi) is 2.26. The molecule has 84 valence electrons. The van der Waals surface area contributed by atoms with Gasteiger partial charge in [0.1, 0.15) is 6.17 Å². The molecular formula is C13H11N3O. The van der Waals surface area contributed by atoms with Gasteiger partial charge in [-0.05, 0) is 18.2 Å². The monoisotopic (exact) mass is 225 g/mol. The molecule has 0 saturated carbocycles. The molecule has 0 bridgehead atoms. The zero-order valence-corrected chi connectivity index (χ0v) is 9.05. The number of anilines is 1. The van der Waals surface area contributed by atoms with Crippen LogP contribution in [0.5, 0.6) is 0 Å². The maximum absolute atomic E-state index is 11.9. The highest BCUT2D eigenvalue weighted by atomic mass is 16.2. The minimum Gasteiger partial charge on any atom is -0.361 e. The van der Waals surface area contributed by atoms with Crippen molar-refractivity contribution in [3.05, 3.63) is 59.9 Å². The van der Waals surface area contributed by atoms with Crippen molar-refractivity contribution in [2.45, 2.75) is 6.17 Å². The second kappa shape index (κ2) is 3.90. The molecule has 3 rings (SSSR count). The molecule has 0 spiro atoms. The van der Waals surface area contributed by atoms with Crippen LogP contribution in [0, 0.1) is 0 Å². The van der Waals surface area contributed by atoms with Crippen LogP contribution in [0.1, 0.15) is 22.1 Å². The Labute approximate surface area is 98.7 Å². The summed E-state index contributed by atoms with van der Waals surface area (Å²) in [4.78, 5) is 15.9. The number of fused-ring (bicyclic) bond motifs is 1. The molecule has 4 heteroatoms. The second-order valence-electron chi connectivity index (χ2n) is 3.88. The largest absolute Gasteiger partial charge is 0.361 e. The lowest BCUT2D eigenvalue weighted by molar-refractivity contribution is 0.0935. The summed E-state index contributed by atoms with van der Waals surface area (Å²) in [6, 6.07) is 11.2. The summed E-state index contributed by atoms with van der Waals surface area (Å²) in [5.41, 5.74) is 2.47. The first-order valence-corrected chi connectivity index (χ1v) is 5.41. The number of amides is 1. The molecule has 0 fully saturated rings. The van der Waals surface area contributed by atoms with Gasteiger partial charge in [-0.2, -0.15) is 0 Å². The fourth-order valence-corrected chi connectivity index (χ4v) is 1.92. The Balaban J connectivity index is 1.97. The minimum absolute atomic E-state index is 0.0618. The van der Waals surface area contributed by atoms with E-state index in [0.717, 1.165) is 11.3 Å². The Morgan fingerprint density at radius 1 is 1.06 bits per heavy atom. The minimum atomic E-state index is -0.217. The van der Waals surface area contributed by atoms with Gasteiger partial charge in [0.25, 0.3) is 5.91 Å². The number of nitrogens with one attached hydrogen (secondary N) is 2. The smallest absolute Gasteiger partial charge is 0.255 e. The van der Waals surface area contributed by atoms with Gasteiger partial charge in [0, 0.05) is 23.6 Å². The van der Waals surface area contributed by atoms with E-state index in [1.165, 1.54) is 0 Å². The number of rotatable bonds is 1. The molecule has 17 heavy (non-hydrogen) atoms. The molecule has 1 aliphatic heterocycles. The number of benzene rings is 1. The molecule has 1 amide bonds. The summed E-state index contributed by atoms with van der Waals surface area (Å²) in [5, 5.41) is 6.17. The Morgan fingerprint density at radius 2 is 1.94 bits per heavy atom. The third kappa shape index (κ3) is 1.73. The molecule has 2 N–H and O–H groups in total. The lowest BCUT2D eigenvalue weighted by Gasteiger charge is -2.27. The first-order chi connectivity index (χ1) is 8.34. The number of hydrogen-bond acceptors (Lipinski definition) is 3. The standard InChI is InChI=1S/C13H11N3O/c17-13-10-5-1-2-6-11(10)15-12(16-13)9-4-3-7-14-8-9/h1-8,12,15H,(H,16,17)/t12-/m1/s1. The van der Waals surface area contributed by atoms with E-state index in [9.17, 15) is 4.79 Å². The fourth-order valence-electron chi connectivity index (χ4n) is 1.92. The van der Waals surface area contributed by atoms with Gasteiger partial charge in [0.15, 0.2) is 0 Å². The normalized spacial score (nSPS) is 17.9. The van der Waals surface area contributed by atoms with Crippen LogP contribution in [-0.4, -0.2) is 10.9 Å². The average molecular weight is 225 g/mol. The quantitative estimate of drug-likeness (QED) is 0.779. The van der Waals surface area contributed by atoms with Crippen molar-refractivity contribution in [2.75, 3.05) is 5.32 Å². The molecule has 1 atom stereocenters. The van der Waals surface area contributed by atoms with Crippen LogP contribution in [0.25, 0.3) is 0 Å². The van der Waals surface area contributed by atoms with Crippen LogP contribution in [0.15, 0.2) is 48.8 Å². The van der Waals surface area contributed by atoms with Crippen LogP contribution in [0.2, 0.25) is 0 Å². The van der Waals surface area contributed by atoms with E-state index < -0.39 is 0 Å². The number of para-hydroxylation sites is 1. The molecule has 1 aromatic heterocycles. The summed E-state index contributed by atoms with van der Waals surface area (Å²) < 4.78 is 0. The number of pyridine rings is 1. The van der Waals surface area contributed by atoms with Crippen molar-refractivity contribution in [3.63, 3.8) is 0 Å². The van der Waals surface area contributed by atoms with Gasteiger partial charge in [0.2, 0.25) is 0 Å². The van der Waals surface area contributed by atoms with Gasteiger partial charge in [-0.15, -0.1) is 0 Å². The topological polar surface area (TPSA) is 54.0 Å². The third-order valence-electron chi connectivity index (χ3n) is 2.76. The molecule has 2 aromatic rings. The molecule has 1 aromatic carbocycles. The summed E-state index contributed by atoms with van der Waals surface area (Å²) in [5.74, 6) is -0.0618. The van der Waals surface area contributed by atoms with Crippen molar-refractivity contribution < 1.29 is 4.79 Å². The van der Waals surface area contributed by atoms with Gasteiger partial charge in [-0.1, -0.05) is 18.2 Å². The van der Waals surface area contributed by atoms with E-state index in [4.69, 9.17) is 0 Å². The predicted octanol–water partition coefficient (Wildman–Crippen LogP) is 1.94. The number of nitrogens with zero attached hydrogens (tertiary/aromatic N) is 1. The number of carbonyl (C=O) groups is 1. The van der Waals surface area contributed by atoms with E-state index in [0.29, 0.717) is 5.56 Å². The van der Waals surface area contributed by atoms with Crippen molar-refractivity contribution in [1.82, 2.24) is 10.3 Å². The summed E-state index contributed by atoms with van der Waals surface area (Å²) in [6.45, 7) is 0. The van der Waals surface area contributed by atoms with Gasteiger partial charge >= 0.3 is 0 Å². The Bertz CT molecular complexity index is 554. The first kappa shape index (κ1) is 9.84. The molecule has 0 saturated heterocycles. The van der Waals surface area contributed by atoms with E-state index in [-0.39, 0.29) is 12.1 Å². The van der Waals surface area contributed by atoms with Crippen molar-refractivity contribution in [1.29, 1.82) is 0 Å². The van der Waals surface area contributed by atoms with Gasteiger partial charge in [-0.25, -0.2) is 0 Å². The summed E-state index contributed by atoms with van der Waals surface area (Å²) in [6.07, 6.45) is 3.24. The third-order valence-corrected chi connectivity index (χ3v) is 2.76. The molecule has 1 aliphatic rings. The van der Waals surface area contributed by atoms with E-state index in [2.05, 4.69) is 15.6 Å². The molecule has 0 radical (unpaired) electrons. The Hall–Kier alpha value is -2.36.